The van der Waals surface area contributed by atoms with Gasteiger partial charge in [0.2, 0.25) is 0 Å². The first-order valence-electron chi connectivity index (χ1n) is 5.51. The lowest BCUT2D eigenvalue weighted by Crippen LogP contribution is -2.33. The molecule has 17 heavy (non-hydrogen) atoms. The van der Waals surface area contributed by atoms with E-state index >= 15 is 0 Å². The molecule has 1 aliphatic rings. The van der Waals surface area contributed by atoms with Crippen molar-refractivity contribution >= 4 is 21.2 Å². The third kappa shape index (κ3) is 1.62. The predicted octanol–water partition coefficient (Wildman–Crippen LogP) is 0.620. The molecule has 1 aromatic heterocycles. The van der Waals surface area contributed by atoms with E-state index < -0.39 is 10.2 Å². The minimum absolute atomic E-state index is 0.527. The smallest absolute Gasteiger partial charge is 0.187 e. The van der Waals surface area contributed by atoms with E-state index in [0.717, 1.165) is 16.9 Å². The molecule has 0 spiro atoms. The van der Waals surface area contributed by atoms with E-state index in [1.54, 1.807) is 18.2 Å². The van der Waals surface area contributed by atoms with E-state index in [1.807, 2.05) is 6.07 Å². The Balaban J connectivity index is 2.14. The van der Waals surface area contributed by atoms with E-state index in [2.05, 4.69) is 10.3 Å². The van der Waals surface area contributed by atoms with Crippen molar-refractivity contribution in [3.63, 3.8) is 0 Å². The highest BCUT2D eigenvalue weighted by molar-refractivity contribution is 7.87. The average Bonchev–Trinajstić information content (AvgIpc) is 2.99. The van der Waals surface area contributed by atoms with Gasteiger partial charge >= 0.3 is 10.2 Å². The van der Waals surface area contributed by atoms with Crippen molar-refractivity contribution in [1.82, 2.24) is 18.7 Å². The molecule has 1 saturated heterocycles. The molecule has 0 saturated carbocycles. The van der Waals surface area contributed by atoms with Gasteiger partial charge in [-0.3, -0.25) is 0 Å². The first-order chi connectivity index (χ1) is 8.19. The van der Waals surface area contributed by atoms with Gasteiger partial charge in [0, 0.05) is 13.1 Å². The van der Waals surface area contributed by atoms with E-state index in [0.29, 0.717) is 24.1 Å². The third-order valence-corrected chi connectivity index (χ3v) is 4.66. The Labute approximate surface area is 99.0 Å². The zero-order valence-electron chi connectivity index (χ0n) is 9.15. The molecule has 0 N–H and O–H groups in total. The number of rotatable bonds is 2. The minimum Gasteiger partial charge on any atom is -0.187 e. The molecule has 0 aliphatic carbocycles. The summed E-state index contributed by atoms with van der Waals surface area (Å²) in [7, 11) is -3.55. The molecule has 6 nitrogen and oxygen atoms in total. The second-order valence-corrected chi connectivity index (χ2v) is 5.79. The molecule has 7 heteroatoms. The molecule has 3 rings (SSSR count). The van der Waals surface area contributed by atoms with Crippen LogP contribution in [0.1, 0.15) is 12.8 Å². The molecular weight excluding hydrogens is 240 g/mol. The zero-order chi connectivity index (χ0) is 11.9. The van der Waals surface area contributed by atoms with Crippen molar-refractivity contribution in [3.05, 3.63) is 24.3 Å². The highest BCUT2D eigenvalue weighted by atomic mass is 32.2. The van der Waals surface area contributed by atoms with Crippen LogP contribution in [0.25, 0.3) is 11.0 Å². The van der Waals surface area contributed by atoms with Gasteiger partial charge in [-0.25, -0.2) is 0 Å². The molecular formula is C10H12N4O2S. The van der Waals surface area contributed by atoms with Gasteiger partial charge in [-0.1, -0.05) is 12.1 Å². The quantitative estimate of drug-likeness (QED) is 0.785. The number of hydrogen-bond acceptors (Lipinski definition) is 4. The van der Waals surface area contributed by atoms with Gasteiger partial charge in [-0.2, -0.15) is 12.7 Å². The lowest BCUT2D eigenvalue weighted by molar-refractivity contribution is 0.463. The standard InChI is InChI=1S/C10H12N4O2S/c15-17(16,13-7-3-4-8-13)14-10-6-2-1-5-9(10)11-12-14/h1-2,5-6H,3-4,7-8H2. The van der Waals surface area contributed by atoms with Gasteiger partial charge in [0.1, 0.15) is 11.0 Å². The first-order valence-corrected chi connectivity index (χ1v) is 6.90. The Hall–Kier alpha value is -1.47. The maximum absolute atomic E-state index is 12.3. The minimum atomic E-state index is -3.55. The fraction of sp³-hybridized carbons (Fsp3) is 0.400. The fourth-order valence-electron chi connectivity index (χ4n) is 2.05. The van der Waals surface area contributed by atoms with Crippen LogP contribution in [0.5, 0.6) is 0 Å². The van der Waals surface area contributed by atoms with Crippen LogP contribution in [-0.4, -0.2) is 40.2 Å². The summed E-state index contributed by atoms with van der Waals surface area (Å²) in [6.07, 6.45) is 1.82. The summed E-state index contributed by atoms with van der Waals surface area (Å²) in [5, 5.41) is 7.61. The third-order valence-electron chi connectivity index (χ3n) is 2.93. The first kappa shape index (κ1) is 10.7. The second-order valence-electron chi connectivity index (χ2n) is 4.04. The van der Waals surface area contributed by atoms with E-state index in [4.69, 9.17) is 0 Å². The highest BCUT2D eigenvalue weighted by Crippen LogP contribution is 2.18. The Bertz CT molecular complexity index is 643. The maximum Gasteiger partial charge on any atom is 0.324 e. The molecule has 0 bridgehead atoms. The van der Waals surface area contributed by atoms with Crippen molar-refractivity contribution in [2.45, 2.75) is 12.8 Å². The van der Waals surface area contributed by atoms with Crippen LogP contribution in [0.3, 0.4) is 0 Å². The number of hydrogen-bond donors (Lipinski definition) is 0. The SMILES string of the molecule is O=S(=O)(N1CCCC1)n1nnc2ccccc21. The van der Waals surface area contributed by atoms with Crippen molar-refractivity contribution < 1.29 is 8.42 Å². The van der Waals surface area contributed by atoms with Crippen molar-refractivity contribution in [2.75, 3.05) is 13.1 Å². The van der Waals surface area contributed by atoms with Crippen LogP contribution in [0.15, 0.2) is 24.3 Å². The highest BCUT2D eigenvalue weighted by Gasteiger charge is 2.29. The van der Waals surface area contributed by atoms with Gasteiger partial charge in [0.15, 0.2) is 0 Å². The molecule has 1 aromatic carbocycles. The van der Waals surface area contributed by atoms with Gasteiger partial charge < -0.3 is 0 Å². The number of para-hydroxylation sites is 1. The molecule has 2 aromatic rings. The predicted molar refractivity (Wildman–Crippen MR) is 62.7 cm³/mol. The molecule has 0 atom stereocenters. The summed E-state index contributed by atoms with van der Waals surface area (Å²) in [6.45, 7) is 1.13. The lowest BCUT2D eigenvalue weighted by atomic mass is 10.3. The van der Waals surface area contributed by atoms with Gasteiger partial charge in [-0.15, -0.1) is 9.19 Å². The monoisotopic (exact) mass is 252 g/mol. The van der Waals surface area contributed by atoms with Crippen molar-refractivity contribution in [1.29, 1.82) is 0 Å². The lowest BCUT2D eigenvalue weighted by Gasteiger charge is -2.14. The van der Waals surface area contributed by atoms with Gasteiger partial charge in [0.25, 0.3) is 0 Å². The largest absolute Gasteiger partial charge is 0.324 e. The van der Waals surface area contributed by atoms with Crippen LogP contribution in [-0.2, 0) is 10.2 Å². The Morgan fingerprint density at radius 2 is 1.82 bits per heavy atom. The van der Waals surface area contributed by atoms with Crippen molar-refractivity contribution in [2.24, 2.45) is 0 Å². The van der Waals surface area contributed by atoms with Crippen LogP contribution < -0.4 is 0 Å². The Kier molecular flexibility index (Phi) is 2.37. The number of fused-ring (bicyclic) bond motifs is 1. The number of benzene rings is 1. The van der Waals surface area contributed by atoms with Gasteiger partial charge in [0.05, 0.1) is 0 Å². The molecule has 90 valence electrons. The normalized spacial score (nSPS) is 17.9. The van der Waals surface area contributed by atoms with E-state index in [-0.39, 0.29) is 0 Å². The molecule has 0 amide bonds. The summed E-state index contributed by atoms with van der Waals surface area (Å²) in [6, 6.07) is 7.05. The molecule has 2 heterocycles. The summed E-state index contributed by atoms with van der Waals surface area (Å²) in [5.41, 5.74) is 1.12. The number of aromatic nitrogens is 3. The topological polar surface area (TPSA) is 68.1 Å². The average molecular weight is 252 g/mol. The second kappa shape index (κ2) is 3.78. The molecule has 1 aliphatic heterocycles. The van der Waals surface area contributed by atoms with Crippen molar-refractivity contribution in [3.8, 4) is 0 Å². The molecule has 1 fully saturated rings. The van der Waals surface area contributed by atoms with Crippen LogP contribution in [0.4, 0.5) is 0 Å². The summed E-state index contributed by atoms with van der Waals surface area (Å²) < 4.78 is 27.1. The summed E-state index contributed by atoms with van der Waals surface area (Å²) >= 11 is 0. The fourth-order valence-corrected chi connectivity index (χ4v) is 3.52. The van der Waals surface area contributed by atoms with Crippen LogP contribution in [0, 0.1) is 0 Å². The Morgan fingerprint density at radius 3 is 2.59 bits per heavy atom. The molecule has 0 unspecified atom stereocenters. The Morgan fingerprint density at radius 1 is 1.12 bits per heavy atom. The molecule has 0 radical (unpaired) electrons. The van der Waals surface area contributed by atoms with E-state index in [9.17, 15) is 8.42 Å². The van der Waals surface area contributed by atoms with Crippen LogP contribution in [0.2, 0.25) is 0 Å². The number of nitrogens with zero attached hydrogens (tertiary/aromatic N) is 4. The van der Waals surface area contributed by atoms with Gasteiger partial charge in [-0.05, 0) is 30.2 Å². The zero-order valence-corrected chi connectivity index (χ0v) is 9.97. The maximum atomic E-state index is 12.3. The van der Waals surface area contributed by atoms with Crippen LogP contribution >= 0.6 is 0 Å². The summed E-state index contributed by atoms with van der Waals surface area (Å²) in [4.78, 5) is 0. The summed E-state index contributed by atoms with van der Waals surface area (Å²) in [5.74, 6) is 0. The van der Waals surface area contributed by atoms with E-state index in [1.165, 1.54) is 4.31 Å².